The summed E-state index contributed by atoms with van der Waals surface area (Å²) in [4.78, 5) is 9.63. The molecule has 0 amide bonds. The lowest BCUT2D eigenvalue weighted by molar-refractivity contribution is -0.385. The number of aliphatic hydroxyl groups is 1. The SMILES string of the molecule is O=[N+]([O-])c1cccc(S(=O)(=O)Cl)c1C#CCCO. The van der Waals surface area contributed by atoms with Crippen LogP contribution in [0.4, 0.5) is 5.69 Å². The minimum absolute atomic E-state index is 0.0772. The van der Waals surface area contributed by atoms with E-state index in [0.717, 1.165) is 12.1 Å². The highest BCUT2D eigenvalue weighted by atomic mass is 35.7. The zero-order chi connectivity index (χ0) is 13.8. The van der Waals surface area contributed by atoms with E-state index in [9.17, 15) is 18.5 Å². The Bertz CT molecular complexity index is 629. The van der Waals surface area contributed by atoms with E-state index in [4.69, 9.17) is 15.8 Å². The molecule has 1 N–H and O–H groups in total. The van der Waals surface area contributed by atoms with Crippen LogP contribution in [-0.4, -0.2) is 25.1 Å². The van der Waals surface area contributed by atoms with Gasteiger partial charge < -0.3 is 5.11 Å². The van der Waals surface area contributed by atoms with Gasteiger partial charge in [0.25, 0.3) is 14.7 Å². The zero-order valence-electron chi connectivity index (χ0n) is 8.96. The van der Waals surface area contributed by atoms with Crippen LogP contribution < -0.4 is 0 Å². The highest BCUT2D eigenvalue weighted by molar-refractivity contribution is 8.13. The lowest BCUT2D eigenvalue weighted by Gasteiger charge is -2.01. The van der Waals surface area contributed by atoms with E-state index in [2.05, 4.69) is 11.8 Å². The molecule has 0 heterocycles. The average molecular weight is 290 g/mol. The van der Waals surface area contributed by atoms with Crippen LogP contribution in [0.2, 0.25) is 0 Å². The standard InChI is InChI=1S/C10H8ClNO5S/c11-18(16,17)10-6-3-5-9(12(14)15)8(10)4-1-2-7-13/h3,5-6,13H,2,7H2. The summed E-state index contributed by atoms with van der Waals surface area (Å²) in [6.07, 6.45) is 0.0772. The minimum atomic E-state index is -4.12. The minimum Gasteiger partial charge on any atom is -0.395 e. The van der Waals surface area contributed by atoms with E-state index >= 15 is 0 Å². The van der Waals surface area contributed by atoms with Gasteiger partial charge in [0.15, 0.2) is 0 Å². The van der Waals surface area contributed by atoms with Gasteiger partial charge in [-0.1, -0.05) is 17.9 Å². The summed E-state index contributed by atoms with van der Waals surface area (Å²) in [5.41, 5.74) is -0.715. The van der Waals surface area contributed by atoms with Crippen molar-refractivity contribution in [1.29, 1.82) is 0 Å². The van der Waals surface area contributed by atoms with E-state index in [0.29, 0.717) is 0 Å². The van der Waals surface area contributed by atoms with Gasteiger partial charge in [-0.2, -0.15) is 0 Å². The maximum Gasteiger partial charge on any atom is 0.286 e. The Morgan fingerprint density at radius 3 is 2.61 bits per heavy atom. The van der Waals surface area contributed by atoms with Crippen molar-refractivity contribution in [3.63, 3.8) is 0 Å². The third kappa shape index (κ3) is 3.43. The molecular formula is C10H8ClNO5S. The molecule has 6 nitrogen and oxygen atoms in total. The predicted molar refractivity (Wildman–Crippen MR) is 64.7 cm³/mol. The number of nitro groups is 1. The molecule has 0 spiro atoms. The molecule has 0 bridgehead atoms. The molecule has 0 fully saturated rings. The Kier molecular flexibility index (Phi) is 4.67. The van der Waals surface area contributed by atoms with Gasteiger partial charge in [-0.15, -0.1) is 0 Å². The summed E-state index contributed by atoms with van der Waals surface area (Å²) >= 11 is 0. The molecule has 1 aromatic carbocycles. The second-order valence-electron chi connectivity index (χ2n) is 3.12. The van der Waals surface area contributed by atoms with Crippen LogP contribution in [0.1, 0.15) is 12.0 Å². The van der Waals surface area contributed by atoms with Gasteiger partial charge in [0.1, 0.15) is 10.5 Å². The number of aliphatic hydroxyl groups excluding tert-OH is 1. The maximum absolute atomic E-state index is 11.3. The van der Waals surface area contributed by atoms with Crippen LogP contribution in [0.5, 0.6) is 0 Å². The van der Waals surface area contributed by atoms with Crippen LogP contribution in [0.25, 0.3) is 0 Å². The van der Waals surface area contributed by atoms with Crippen molar-refractivity contribution >= 4 is 25.4 Å². The molecule has 0 aliphatic heterocycles. The third-order valence-electron chi connectivity index (χ3n) is 1.91. The summed E-state index contributed by atoms with van der Waals surface area (Å²) in [5, 5.41) is 19.4. The zero-order valence-corrected chi connectivity index (χ0v) is 10.5. The Labute approximate surface area is 108 Å². The van der Waals surface area contributed by atoms with Crippen LogP contribution in [0, 0.1) is 22.0 Å². The van der Waals surface area contributed by atoms with Gasteiger partial charge in [0.2, 0.25) is 0 Å². The molecule has 8 heteroatoms. The second-order valence-corrected chi connectivity index (χ2v) is 5.65. The highest BCUT2D eigenvalue weighted by Crippen LogP contribution is 2.27. The first-order valence-electron chi connectivity index (χ1n) is 4.69. The van der Waals surface area contributed by atoms with Gasteiger partial charge in [-0.05, 0) is 6.07 Å². The van der Waals surface area contributed by atoms with Gasteiger partial charge in [-0.25, -0.2) is 8.42 Å². The number of nitro benzene ring substituents is 1. The van der Waals surface area contributed by atoms with E-state index in [1.54, 1.807) is 0 Å². The summed E-state index contributed by atoms with van der Waals surface area (Å²) in [7, 11) is 1.06. The fourth-order valence-corrected chi connectivity index (χ4v) is 2.23. The molecule has 0 aromatic heterocycles. The number of rotatable bonds is 3. The summed E-state index contributed by atoms with van der Waals surface area (Å²) in [5.74, 6) is 4.79. The molecule has 0 unspecified atom stereocenters. The molecule has 1 rings (SSSR count). The van der Waals surface area contributed by atoms with Gasteiger partial charge in [0, 0.05) is 23.2 Å². The summed E-state index contributed by atoms with van der Waals surface area (Å²) < 4.78 is 22.6. The fraction of sp³-hybridized carbons (Fsp3) is 0.200. The Balaban J connectivity index is 3.51. The van der Waals surface area contributed by atoms with Crippen LogP contribution >= 0.6 is 10.7 Å². The fourth-order valence-electron chi connectivity index (χ4n) is 1.21. The van der Waals surface area contributed by atoms with Crippen molar-refractivity contribution < 1.29 is 18.4 Å². The molecule has 0 aliphatic carbocycles. The molecule has 0 saturated heterocycles. The molecule has 0 aliphatic rings. The van der Waals surface area contributed by atoms with Crippen LogP contribution in [0.3, 0.4) is 0 Å². The first kappa shape index (κ1) is 14.4. The molecular weight excluding hydrogens is 282 g/mol. The Hall–Kier alpha value is -1.62. The topological polar surface area (TPSA) is 97.5 Å². The normalized spacial score (nSPS) is 10.6. The summed E-state index contributed by atoms with van der Waals surface area (Å²) in [6.45, 7) is -0.226. The lowest BCUT2D eigenvalue weighted by Crippen LogP contribution is -2.00. The number of nitrogens with zero attached hydrogens (tertiary/aromatic N) is 1. The molecule has 0 atom stereocenters. The van der Waals surface area contributed by atoms with Crippen molar-refractivity contribution in [1.82, 2.24) is 0 Å². The van der Waals surface area contributed by atoms with Crippen molar-refractivity contribution in [3.05, 3.63) is 33.9 Å². The molecule has 1 aromatic rings. The van der Waals surface area contributed by atoms with Crippen LogP contribution in [-0.2, 0) is 9.05 Å². The molecule has 96 valence electrons. The lowest BCUT2D eigenvalue weighted by atomic mass is 10.2. The van der Waals surface area contributed by atoms with Crippen molar-refractivity contribution in [2.24, 2.45) is 0 Å². The van der Waals surface area contributed by atoms with E-state index in [1.165, 1.54) is 6.07 Å². The van der Waals surface area contributed by atoms with E-state index in [-0.39, 0.29) is 18.6 Å². The van der Waals surface area contributed by atoms with E-state index < -0.39 is 24.6 Å². The number of halogens is 1. The highest BCUT2D eigenvalue weighted by Gasteiger charge is 2.22. The predicted octanol–water partition coefficient (Wildman–Crippen LogP) is 1.26. The van der Waals surface area contributed by atoms with Crippen molar-refractivity contribution in [2.45, 2.75) is 11.3 Å². The van der Waals surface area contributed by atoms with Gasteiger partial charge >= 0.3 is 0 Å². The monoisotopic (exact) mass is 289 g/mol. The van der Waals surface area contributed by atoms with Gasteiger partial charge in [-0.3, -0.25) is 10.1 Å². The Morgan fingerprint density at radius 2 is 2.11 bits per heavy atom. The van der Waals surface area contributed by atoms with Gasteiger partial charge in [0.05, 0.1) is 11.5 Å². The third-order valence-corrected chi connectivity index (χ3v) is 3.28. The number of hydrogen-bond donors (Lipinski definition) is 1. The van der Waals surface area contributed by atoms with Crippen molar-refractivity contribution in [3.8, 4) is 11.8 Å². The number of hydrogen-bond acceptors (Lipinski definition) is 5. The van der Waals surface area contributed by atoms with Crippen LogP contribution in [0.15, 0.2) is 23.1 Å². The maximum atomic E-state index is 11.3. The smallest absolute Gasteiger partial charge is 0.286 e. The number of benzene rings is 1. The first-order valence-corrected chi connectivity index (χ1v) is 7.00. The van der Waals surface area contributed by atoms with E-state index in [1.807, 2.05) is 0 Å². The second kappa shape index (κ2) is 5.82. The Morgan fingerprint density at radius 1 is 1.44 bits per heavy atom. The summed E-state index contributed by atoms with van der Waals surface area (Å²) in [6, 6.07) is 3.48. The largest absolute Gasteiger partial charge is 0.395 e. The first-order chi connectivity index (χ1) is 8.38. The molecule has 0 saturated carbocycles. The van der Waals surface area contributed by atoms with Crippen molar-refractivity contribution in [2.75, 3.05) is 6.61 Å². The quantitative estimate of drug-likeness (QED) is 0.391. The molecule has 0 radical (unpaired) electrons. The molecule has 18 heavy (non-hydrogen) atoms. The average Bonchev–Trinajstić information content (AvgIpc) is 2.27.